The Labute approximate surface area is 97.9 Å². The highest BCUT2D eigenvalue weighted by atomic mass is 35.5. The minimum atomic E-state index is 0. The van der Waals surface area contributed by atoms with Crippen molar-refractivity contribution in [2.75, 3.05) is 6.61 Å². The number of guanidine groups is 1. The normalized spacial score (nSPS) is 11.1. The fourth-order valence-electron chi connectivity index (χ4n) is 1.25. The summed E-state index contributed by atoms with van der Waals surface area (Å²) in [4.78, 5) is 2.94. The fourth-order valence-corrected chi connectivity index (χ4v) is 1.25. The van der Waals surface area contributed by atoms with E-state index in [1.165, 1.54) is 5.57 Å². The van der Waals surface area contributed by atoms with Gasteiger partial charge in [0, 0.05) is 13.0 Å². The van der Waals surface area contributed by atoms with Crippen molar-refractivity contribution in [3.8, 4) is 0 Å². The van der Waals surface area contributed by atoms with Gasteiger partial charge in [-0.1, -0.05) is 11.6 Å². The van der Waals surface area contributed by atoms with Gasteiger partial charge < -0.3 is 17.5 Å². The molecule has 1 atom stereocenters. The highest BCUT2D eigenvalue weighted by molar-refractivity contribution is 5.69. The van der Waals surface area contributed by atoms with Crippen LogP contribution in [0.4, 0.5) is 0 Å². The molecule has 0 saturated heterocycles. The topological polar surface area (TPSA) is 86.2 Å². The van der Waals surface area contributed by atoms with Crippen LogP contribution in [0.1, 0.15) is 33.1 Å². The number of aliphatic hydroxyl groups excluding tert-OH is 1. The lowest BCUT2D eigenvalue weighted by Gasteiger charge is -2.08. The zero-order chi connectivity index (χ0) is 11.0. The molecule has 0 aromatic carbocycles. The molecular weight excluding hydrogens is 214 g/mol. The van der Waals surface area contributed by atoms with Gasteiger partial charge in [-0.3, -0.25) is 16.5 Å². The average Bonchev–Trinajstić information content (AvgIpc) is 2.02. The van der Waals surface area contributed by atoms with E-state index < -0.39 is 0 Å². The number of halogens is 1. The molecule has 0 aliphatic rings. The molecule has 0 bridgehead atoms. The van der Waals surface area contributed by atoms with Gasteiger partial charge in [0.2, 0.25) is 0 Å². The summed E-state index contributed by atoms with van der Waals surface area (Å²) >= 11 is 0. The molecule has 0 spiro atoms. The van der Waals surface area contributed by atoms with Crippen molar-refractivity contribution < 1.29 is 22.5 Å². The van der Waals surface area contributed by atoms with Crippen molar-refractivity contribution in [3.63, 3.8) is 0 Å². The van der Waals surface area contributed by atoms with Crippen molar-refractivity contribution >= 4 is 5.96 Å². The van der Waals surface area contributed by atoms with Gasteiger partial charge in [0.1, 0.15) is 0 Å². The standard InChI is InChI=1S/C10H21N3O.ClH/c1-8(2)4-3-5-9(6-7-14)13-10(11)12;/h4,9,14H,3,5-7H2,1-2H3,(H4,11,12,13);1H/t9-;/m0./s1. The number of nitrogens with two attached hydrogens (primary N) is 2. The summed E-state index contributed by atoms with van der Waals surface area (Å²) < 4.78 is 0. The van der Waals surface area contributed by atoms with Crippen molar-refractivity contribution in [2.45, 2.75) is 39.2 Å². The van der Waals surface area contributed by atoms with E-state index in [0.29, 0.717) is 6.42 Å². The first-order valence-electron chi connectivity index (χ1n) is 4.95. The minimum Gasteiger partial charge on any atom is -1.00 e. The zero-order valence-corrected chi connectivity index (χ0v) is 10.2. The van der Waals surface area contributed by atoms with Crippen LogP contribution in [0.25, 0.3) is 0 Å². The van der Waals surface area contributed by atoms with E-state index in [9.17, 15) is 0 Å². The van der Waals surface area contributed by atoms with Gasteiger partial charge in [-0.05, 0) is 26.7 Å². The molecule has 0 aliphatic heterocycles. The van der Waals surface area contributed by atoms with Crippen LogP contribution in [0.15, 0.2) is 11.6 Å². The van der Waals surface area contributed by atoms with Crippen LogP contribution < -0.4 is 28.9 Å². The van der Waals surface area contributed by atoms with E-state index in [0.717, 1.165) is 12.8 Å². The molecule has 0 fully saturated rings. The van der Waals surface area contributed by atoms with Gasteiger partial charge >= 0.3 is 5.96 Å². The predicted octanol–water partition coefficient (Wildman–Crippen LogP) is -4.16. The summed E-state index contributed by atoms with van der Waals surface area (Å²) in [6.07, 6.45) is 4.75. The van der Waals surface area contributed by atoms with Crippen LogP contribution in [0, 0.1) is 0 Å². The molecule has 0 radical (unpaired) electrons. The Morgan fingerprint density at radius 2 is 1.93 bits per heavy atom. The van der Waals surface area contributed by atoms with Gasteiger partial charge in [0.25, 0.3) is 0 Å². The molecule has 4 nitrogen and oxygen atoms in total. The van der Waals surface area contributed by atoms with Gasteiger partial charge in [0.05, 0.1) is 6.04 Å². The van der Waals surface area contributed by atoms with E-state index in [1.807, 2.05) is 0 Å². The Kier molecular flexibility index (Phi) is 10.9. The lowest BCUT2D eigenvalue weighted by atomic mass is 10.1. The third-order valence-electron chi connectivity index (χ3n) is 1.92. The number of hydrogen-bond acceptors (Lipinski definition) is 1. The highest BCUT2D eigenvalue weighted by Crippen LogP contribution is 2.00. The van der Waals surface area contributed by atoms with Crippen molar-refractivity contribution in [2.24, 2.45) is 11.5 Å². The fraction of sp³-hybridized carbons (Fsp3) is 0.700. The third-order valence-corrected chi connectivity index (χ3v) is 1.92. The molecule has 0 aromatic rings. The summed E-state index contributed by atoms with van der Waals surface area (Å²) in [5.74, 6) is 0.223. The quantitative estimate of drug-likeness (QED) is 0.214. The predicted molar refractivity (Wildman–Crippen MR) is 58.5 cm³/mol. The molecule has 5 heteroatoms. The molecule has 0 unspecified atom stereocenters. The number of hydrogen-bond donors (Lipinski definition) is 4. The van der Waals surface area contributed by atoms with Gasteiger partial charge in [0.15, 0.2) is 0 Å². The highest BCUT2D eigenvalue weighted by Gasteiger charge is 2.06. The SMILES string of the molecule is CC(C)=CCC[C@@H](CCO)[NH+]=C(N)N.[Cl-]. The maximum absolute atomic E-state index is 8.81. The molecule has 0 heterocycles. The molecule has 15 heavy (non-hydrogen) atoms. The van der Waals surface area contributed by atoms with Crippen molar-refractivity contribution in [1.82, 2.24) is 0 Å². The average molecular weight is 236 g/mol. The molecule has 0 amide bonds. The van der Waals surface area contributed by atoms with Gasteiger partial charge in [-0.2, -0.15) is 0 Å². The molecule has 0 rings (SSSR count). The summed E-state index contributed by atoms with van der Waals surface area (Å²) in [6, 6.07) is 0.167. The number of nitrogens with one attached hydrogen (secondary N) is 1. The lowest BCUT2D eigenvalue weighted by molar-refractivity contribution is -0.507. The van der Waals surface area contributed by atoms with E-state index in [2.05, 4.69) is 24.9 Å². The van der Waals surface area contributed by atoms with E-state index >= 15 is 0 Å². The second-order valence-corrected chi connectivity index (χ2v) is 3.67. The van der Waals surface area contributed by atoms with Gasteiger partial charge in [-0.15, -0.1) is 0 Å². The Hall–Kier alpha value is -0.740. The summed E-state index contributed by atoms with van der Waals surface area (Å²) in [7, 11) is 0. The molecule has 6 N–H and O–H groups in total. The first-order chi connectivity index (χ1) is 6.56. The second kappa shape index (κ2) is 9.80. The van der Waals surface area contributed by atoms with Crippen molar-refractivity contribution in [3.05, 3.63) is 11.6 Å². The lowest BCUT2D eigenvalue weighted by Crippen LogP contribution is -3.00. The summed E-state index contributed by atoms with van der Waals surface area (Å²) in [5, 5.41) is 8.81. The first-order valence-corrected chi connectivity index (χ1v) is 4.95. The van der Waals surface area contributed by atoms with Crippen molar-refractivity contribution in [1.29, 1.82) is 0 Å². The Bertz CT molecular complexity index is 209. The van der Waals surface area contributed by atoms with Crippen LogP contribution in [-0.2, 0) is 0 Å². The maximum Gasteiger partial charge on any atom is 0.338 e. The zero-order valence-electron chi connectivity index (χ0n) is 9.46. The van der Waals surface area contributed by atoms with E-state index in [4.69, 9.17) is 16.6 Å². The molecular formula is C10H22ClN3O. The van der Waals surface area contributed by atoms with Gasteiger partial charge in [-0.25, -0.2) is 0 Å². The van der Waals surface area contributed by atoms with E-state index in [1.54, 1.807) is 0 Å². The number of allylic oxidation sites excluding steroid dienone is 2. The monoisotopic (exact) mass is 235 g/mol. The Balaban J connectivity index is 0. The smallest absolute Gasteiger partial charge is 0.338 e. The third kappa shape index (κ3) is 11.2. The number of rotatable bonds is 6. The molecule has 0 saturated carbocycles. The van der Waals surface area contributed by atoms with Crippen LogP contribution in [0.5, 0.6) is 0 Å². The first kappa shape index (κ1) is 16.7. The van der Waals surface area contributed by atoms with Crippen LogP contribution >= 0.6 is 0 Å². The molecule has 0 aromatic heterocycles. The van der Waals surface area contributed by atoms with E-state index in [-0.39, 0.29) is 31.0 Å². The van der Waals surface area contributed by atoms with Crippen LogP contribution in [0.2, 0.25) is 0 Å². The summed E-state index contributed by atoms with van der Waals surface area (Å²) in [5.41, 5.74) is 12.0. The Morgan fingerprint density at radius 1 is 1.33 bits per heavy atom. The maximum atomic E-state index is 8.81. The number of aliphatic hydroxyl groups is 1. The largest absolute Gasteiger partial charge is 1.00 e. The van der Waals surface area contributed by atoms with Crippen LogP contribution in [0.3, 0.4) is 0 Å². The second-order valence-electron chi connectivity index (χ2n) is 3.67. The minimum absolute atomic E-state index is 0. The Morgan fingerprint density at radius 3 is 2.33 bits per heavy atom. The van der Waals surface area contributed by atoms with Crippen LogP contribution in [-0.4, -0.2) is 23.7 Å². The molecule has 0 aliphatic carbocycles. The molecule has 90 valence electrons. The summed E-state index contributed by atoms with van der Waals surface area (Å²) in [6.45, 7) is 4.29.